The number of nitrogens with zero attached hydrogens (tertiary/aromatic N) is 1. The van der Waals surface area contributed by atoms with E-state index < -0.39 is 5.92 Å². The molecule has 0 aromatic heterocycles. The minimum atomic E-state index is -0.585. The van der Waals surface area contributed by atoms with Crippen molar-refractivity contribution in [2.45, 2.75) is 71.8 Å². The third kappa shape index (κ3) is 3.59. The number of Topliss-reactive ketones (excluding diaryl/α,β-unsaturated/α-hetero) is 1. The van der Waals surface area contributed by atoms with Gasteiger partial charge >= 0.3 is 5.97 Å². The first-order valence-electron chi connectivity index (χ1n) is 10.7. The summed E-state index contributed by atoms with van der Waals surface area (Å²) in [7, 11) is 1.39. The van der Waals surface area contributed by atoms with Crippen LogP contribution in [0.5, 0.6) is 5.75 Å². The molecule has 2 heterocycles. The molecule has 1 aliphatic carbocycles. The number of hydrogen-bond donors (Lipinski definition) is 0. The largest absolute Gasteiger partial charge is 0.488 e. The summed E-state index contributed by atoms with van der Waals surface area (Å²) < 4.78 is 11.3. The lowest BCUT2D eigenvalue weighted by atomic mass is 9.66. The molecule has 1 aromatic carbocycles. The SMILES string of the molecule is COC(=O)C1C(C)=NC2=C(C(=O)CC(C)(C)C2)[C@H]1c1ccc2c(c1)CCC(C)(C)O2. The van der Waals surface area contributed by atoms with Gasteiger partial charge in [0.15, 0.2) is 5.78 Å². The molecule has 2 atom stereocenters. The van der Waals surface area contributed by atoms with Gasteiger partial charge in [-0.15, -0.1) is 0 Å². The zero-order valence-electron chi connectivity index (χ0n) is 18.8. The smallest absolute Gasteiger partial charge is 0.315 e. The van der Waals surface area contributed by atoms with Gasteiger partial charge < -0.3 is 9.47 Å². The van der Waals surface area contributed by atoms with Crippen molar-refractivity contribution in [3.63, 3.8) is 0 Å². The highest BCUT2D eigenvalue weighted by Crippen LogP contribution is 2.48. The van der Waals surface area contributed by atoms with Crippen LogP contribution in [0.3, 0.4) is 0 Å². The zero-order valence-corrected chi connectivity index (χ0v) is 18.8. The fourth-order valence-electron chi connectivity index (χ4n) is 5.11. The summed E-state index contributed by atoms with van der Waals surface area (Å²) >= 11 is 0. The Balaban J connectivity index is 1.84. The molecule has 30 heavy (non-hydrogen) atoms. The van der Waals surface area contributed by atoms with Gasteiger partial charge in [-0.25, -0.2) is 0 Å². The number of fused-ring (bicyclic) bond motifs is 1. The lowest BCUT2D eigenvalue weighted by Crippen LogP contribution is -2.39. The van der Waals surface area contributed by atoms with Crippen molar-refractivity contribution in [3.8, 4) is 5.75 Å². The first-order valence-corrected chi connectivity index (χ1v) is 10.7. The van der Waals surface area contributed by atoms with Gasteiger partial charge in [-0.05, 0) is 62.6 Å². The Morgan fingerprint density at radius 1 is 1.20 bits per heavy atom. The average molecular weight is 410 g/mol. The van der Waals surface area contributed by atoms with Crippen molar-refractivity contribution in [3.05, 3.63) is 40.6 Å². The van der Waals surface area contributed by atoms with Crippen LogP contribution >= 0.6 is 0 Å². The average Bonchev–Trinajstić information content (AvgIpc) is 2.64. The second-order valence-electron chi connectivity index (χ2n) is 10.3. The minimum absolute atomic E-state index is 0.0894. The summed E-state index contributed by atoms with van der Waals surface area (Å²) in [5.74, 6) is -0.324. The van der Waals surface area contributed by atoms with Gasteiger partial charge in [0.2, 0.25) is 0 Å². The van der Waals surface area contributed by atoms with E-state index in [4.69, 9.17) is 14.5 Å². The molecule has 5 heteroatoms. The second-order valence-corrected chi connectivity index (χ2v) is 10.3. The van der Waals surface area contributed by atoms with E-state index >= 15 is 0 Å². The van der Waals surface area contributed by atoms with Crippen molar-refractivity contribution >= 4 is 17.5 Å². The van der Waals surface area contributed by atoms with Crippen molar-refractivity contribution < 1.29 is 19.1 Å². The van der Waals surface area contributed by atoms with E-state index in [0.717, 1.165) is 41.8 Å². The van der Waals surface area contributed by atoms with Crippen molar-refractivity contribution in [1.29, 1.82) is 0 Å². The van der Waals surface area contributed by atoms with E-state index in [1.807, 2.05) is 19.1 Å². The third-order valence-electron chi connectivity index (χ3n) is 6.58. The van der Waals surface area contributed by atoms with E-state index in [1.54, 1.807) is 0 Å². The maximum absolute atomic E-state index is 13.3. The number of allylic oxidation sites excluding steroid dienone is 2. The molecule has 5 nitrogen and oxygen atoms in total. The van der Waals surface area contributed by atoms with Crippen LogP contribution in [0.1, 0.15) is 70.9 Å². The van der Waals surface area contributed by atoms with Crippen LogP contribution in [0.4, 0.5) is 0 Å². The summed E-state index contributed by atoms with van der Waals surface area (Å²) in [6.45, 7) is 10.3. The number of rotatable bonds is 2. The van der Waals surface area contributed by atoms with E-state index in [-0.39, 0.29) is 28.7 Å². The molecule has 0 radical (unpaired) electrons. The van der Waals surface area contributed by atoms with Crippen LogP contribution in [-0.4, -0.2) is 30.2 Å². The fourth-order valence-corrected chi connectivity index (χ4v) is 5.11. The van der Waals surface area contributed by atoms with Gasteiger partial charge in [0.25, 0.3) is 0 Å². The Labute approximate surface area is 178 Å². The number of aliphatic imine (C=N–C) groups is 1. The van der Waals surface area contributed by atoms with Crippen LogP contribution in [0.2, 0.25) is 0 Å². The predicted molar refractivity (Wildman–Crippen MR) is 116 cm³/mol. The van der Waals surface area contributed by atoms with Crippen LogP contribution in [0.25, 0.3) is 0 Å². The highest BCUT2D eigenvalue weighted by Gasteiger charge is 2.46. The first-order chi connectivity index (χ1) is 14.0. The molecule has 0 N–H and O–H groups in total. The molecule has 1 aromatic rings. The van der Waals surface area contributed by atoms with E-state index in [9.17, 15) is 9.59 Å². The molecule has 160 valence electrons. The maximum atomic E-state index is 13.3. The number of ketones is 1. The Hall–Kier alpha value is -2.43. The molecule has 0 bridgehead atoms. The van der Waals surface area contributed by atoms with Gasteiger partial charge in [0, 0.05) is 29.3 Å². The maximum Gasteiger partial charge on any atom is 0.315 e. The highest BCUT2D eigenvalue weighted by atomic mass is 16.5. The van der Waals surface area contributed by atoms with Gasteiger partial charge in [-0.1, -0.05) is 26.0 Å². The molecule has 0 amide bonds. The molecule has 0 saturated carbocycles. The van der Waals surface area contributed by atoms with Gasteiger partial charge in [0.1, 0.15) is 17.3 Å². The summed E-state index contributed by atoms with van der Waals surface area (Å²) in [5.41, 5.74) is 4.01. The number of carbonyl (C=O) groups is 2. The molecule has 0 fully saturated rings. The second kappa shape index (κ2) is 7.07. The number of esters is 1. The van der Waals surface area contributed by atoms with Gasteiger partial charge in [0.05, 0.1) is 7.11 Å². The van der Waals surface area contributed by atoms with E-state index in [1.165, 1.54) is 7.11 Å². The lowest BCUT2D eigenvalue weighted by Gasteiger charge is -2.39. The Morgan fingerprint density at radius 2 is 1.93 bits per heavy atom. The first kappa shape index (κ1) is 20.8. The Morgan fingerprint density at radius 3 is 2.63 bits per heavy atom. The standard InChI is InChI=1S/C25H31NO4/c1-14-20(23(28)29-6)21(22-17(26-14)12-24(2,3)13-18(22)27)16-7-8-19-15(11-16)9-10-25(4,5)30-19/h7-8,11,20-21H,9-10,12-13H2,1-6H3/t20?,21-/m0/s1. The van der Waals surface area contributed by atoms with Crippen molar-refractivity contribution in [2.24, 2.45) is 16.3 Å². The predicted octanol–water partition coefficient (Wildman–Crippen LogP) is 4.78. The number of carbonyl (C=O) groups excluding carboxylic acids is 2. The molecular weight excluding hydrogens is 378 g/mol. The summed E-state index contributed by atoms with van der Waals surface area (Å²) in [6, 6.07) is 6.09. The summed E-state index contributed by atoms with van der Waals surface area (Å²) in [5, 5.41) is 0. The minimum Gasteiger partial charge on any atom is -0.488 e. The van der Waals surface area contributed by atoms with Gasteiger partial charge in [-0.2, -0.15) is 0 Å². The topological polar surface area (TPSA) is 65.0 Å². The molecule has 0 saturated heterocycles. The molecule has 2 aliphatic heterocycles. The molecular formula is C25H31NO4. The van der Waals surface area contributed by atoms with Crippen LogP contribution in [-0.2, 0) is 20.7 Å². The molecule has 4 rings (SSSR count). The van der Waals surface area contributed by atoms with Crippen LogP contribution in [0.15, 0.2) is 34.5 Å². The molecule has 0 spiro atoms. The van der Waals surface area contributed by atoms with Crippen molar-refractivity contribution in [1.82, 2.24) is 0 Å². The van der Waals surface area contributed by atoms with Crippen molar-refractivity contribution in [2.75, 3.05) is 7.11 Å². The third-order valence-corrected chi connectivity index (χ3v) is 6.58. The summed E-state index contributed by atoms with van der Waals surface area (Å²) in [4.78, 5) is 30.8. The Bertz CT molecular complexity index is 983. The monoisotopic (exact) mass is 409 g/mol. The number of benzene rings is 1. The van der Waals surface area contributed by atoms with E-state index in [2.05, 4.69) is 33.8 Å². The molecule has 3 aliphatic rings. The van der Waals surface area contributed by atoms with Crippen LogP contribution < -0.4 is 4.74 Å². The normalized spacial score (nSPS) is 26.9. The summed E-state index contributed by atoms with van der Waals surface area (Å²) in [6.07, 6.45) is 3.03. The van der Waals surface area contributed by atoms with Gasteiger partial charge in [-0.3, -0.25) is 14.6 Å². The zero-order chi connectivity index (χ0) is 21.8. The fraction of sp³-hybridized carbons (Fsp3) is 0.560. The number of methoxy groups -OCH3 is 1. The molecule has 1 unspecified atom stereocenters. The number of ether oxygens (including phenoxy) is 2. The van der Waals surface area contributed by atoms with E-state index in [0.29, 0.717) is 17.7 Å². The number of hydrogen-bond acceptors (Lipinski definition) is 5. The Kier molecular flexibility index (Phi) is 4.91. The number of aryl methyl sites for hydroxylation is 1. The lowest BCUT2D eigenvalue weighted by molar-refractivity contribution is -0.143. The van der Waals surface area contributed by atoms with Crippen LogP contribution in [0, 0.1) is 11.3 Å². The quantitative estimate of drug-likeness (QED) is 0.660. The highest BCUT2D eigenvalue weighted by molar-refractivity contribution is 6.09.